The molecule has 0 spiro atoms. The van der Waals surface area contributed by atoms with Gasteiger partial charge in [-0.15, -0.1) is 10.2 Å². The molecule has 0 aliphatic heterocycles. The SMILES string of the molecule is COc1ccc(S(=O)(=O)NCc2nnc(SCc3ccccc3)n2-c2cc(Cl)ccc2C)cc1. The van der Waals surface area contributed by atoms with Gasteiger partial charge in [-0.05, 0) is 54.4 Å². The summed E-state index contributed by atoms with van der Waals surface area (Å²) in [5.74, 6) is 1.73. The average molecular weight is 515 g/mol. The van der Waals surface area contributed by atoms with Crippen molar-refractivity contribution in [3.05, 3.63) is 94.8 Å². The molecular weight excluding hydrogens is 492 g/mol. The molecule has 3 aromatic carbocycles. The molecule has 0 aliphatic carbocycles. The topological polar surface area (TPSA) is 86.1 Å². The Morgan fingerprint density at radius 2 is 1.76 bits per heavy atom. The molecule has 10 heteroatoms. The highest BCUT2D eigenvalue weighted by atomic mass is 35.5. The minimum absolute atomic E-state index is 0.0424. The Labute approximate surface area is 208 Å². The van der Waals surface area contributed by atoms with Gasteiger partial charge in [0.15, 0.2) is 11.0 Å². The number of aromatic nitrogens is 3. The number of thioether (sulfide) groups is 1. The van der Waals surface area contributed by atoms with Crippen molar-refractivity contribution in [2.24, 2.45) is 0 Å². The Kier molecular flexibility index (Phi) is 7.57. The number of halogens is 1. The van der Waals surface area contributed by atoms with Crippen LogP contribution in [0.5, 0.6) is 5.75 Å². The standard InChI is InChI=1S/C24H23ClN4O3S2/c1-17-8-9-19(25)14-22(17)29-23(27-28-24(29)33-16-18-6-4-3-5-7-18)15-26-34(30,31)21-12-10-20(32-2)11-13-21/h3-14,26H,15-16H2,1-2H3. The van der Waals surface area contributed by atoms with Crippen LogP contribution >= 0.6 is 23.4 Å². The molecule has 1 N–H and O–H groups in total. The second-order valence-electron chi connectivity index (χ2n) is 7.44. The largest absolute Gasteiger partial charge is 0.497 e. The molecule has 1 aromatic heterocycles. The van der Waals surface area contributed by atoms with E-state index in [9.17, 15) is 8.42 Å². The normalized spacial score (nSPS) is 11.5. The predicted octanol–water partition coefficient (Wildman–Crippen LogP) is 5.01. The Hall–Kier alpha value is -2.85. The second-order valence-corrected chi connectivity index (χ2v) is 10.6. The number of rotatable bonds is 9. The van der Waals surface area contributed by atoms with Crippen LogP contribution in [-0.4, -0.2) is 30.3 Å². The van der Waals surface area contributed by atoms with E-state index in [1.54, 1.807) is 12.1 Å². The third-order valence-electron chi connectivity index (χ3n) is 5.11. The van der Waals surface area contributed by atoms with Crippen LogP contribution in [0.4, 0.5) is 0 Å². The first kappa shape index (κ1) is 24.3. The maximum atomic E-state index is 12.9. The van der Waals surface area contributed by atoms with Gasteiger partial charge in [0.1, 0.15) is 5.75 Å². The number of hydrogen-bond donors (Lipinski definition) is 1. The van der Waals surface area contributed by atoms with Crippen molar-refractivity contribution in [2.75, 3.05) is 7.11 Å². The summed E-state index contributed by atoms with van der Waals surface area (Å²) in [7, 11) is -2.24. The first-order valence-corrected chi connectivity index (χ1v) is 13.2. The predicted molar refractivity (Wildman–Crippen MR) is 134 cm³/mol. The van der Waals surface area contributed by atoms with E-state index < -0.39 is 10.0 Å². The third-order valence-corrected chi connectivity index (χ3v) is 7.77. The Morgan fingerprint density at radius 3 is 2.47 bits per heavy atom. The van der Waals surface area contributed by atoms with Gasteiger partial charge in [0, 0.05) is 10.8 Å². The van der Waals surface area contributed by atoms with E-state index in [2.05, 4.69) is 14.9 Å². The summed E-state index contributed by atoms with van der Waals surface area (Å²) in [5, 5.41) is 9.87. The van der Waals surface area contributed by atoms with E-state index in [0.717, 1.165) is 16.8 Å². The maximum Gasteiger partial charge on any atom is 0.240 e. The van der Waals surface area contributed by atoms with Gasteiger partial charge in [-0.1, -0.05) is 59.8 Å². The van der Waals surface area contributed by atoms with E-state index >= 15 is 0 Å². The number of nitrogens with zero attached hydrogens (tertiary/aromatic N) is 3. The molecule has 0 aliphatic rings. The summed E-state index contributed by atoms with van der Waals surface area (Å²) in [6, 6.07) is 21.8. The molecule has 4 aromatic rings. The van der Waals surface area contributed by atoms with Crippen LogP contribution in [-0.2, 0) is 22.3 Å². The van der Waals surface area contributed by atoms with E-state index in [4.69, 9.17) is 16.3 Å². The molecule has 0 saturated carbocycles. The molecular formula is C24H23ClN4O3S2. The van der Waals surface area contributed by atoms with E-state index in [1.807, 2.05) is 60.0 Å². The molecule has 0 amide bonds. The lowest BCUT2D eigenvalue weighted by molar-refractivity contribution is 0.414. The highest BCUT2D eigenvalue weighted by Gasteiger charge is 2.20. The number of hydrogen-bond acceptors (Lipinski definition) is 6. The monoisotopic (exact) mass is 514 g/mol. The number of ether oxygens (including phenoxy) is 1. The van der Waals surface area contributed by atoms with Crippen LogP contribution < -0.4 is 9.46 Å². The minimum Gasteiger partial charge on any atom is -0.497 e. The summed E-state index contributed by atoms with van der Waals surface area (Å²) in [4.78, 5) is 0.136. The smallest absolute Gasteiger partial charge is 0.240 e. The zero-order valence-corrected chi connectivity index (χ0v) is 21.0. The van der Waals surface area contributed by atoms with Crippen molar-refractivity contribution in [2.45, 2.75) is 29.3 Å². The lowest BCUT2D eigenvalue weighted by Gasteiger charge is -2.14. The first-order chi connectivity index (χ1) is 16.4. The van der Waals surface area contributed by atoms with Gasteiger partial charge in [0.2, 0.25) is 10.0 Å². The van der Waals surface area contributed by atoms with Gasteiger partial charge in [-0.25, -0.2) is 13.1 Å². The molecule has 176 valence electrons. The Balaban J connectivity index is 1.63. The number of methoxy groups -OCH3 is 1. The number of aryl methyl sites for hydroxylation is 1. The van der Waals surface area contributed by atoms with Gasteiger partial charge in [0.05, 0.1) is 24.2 Å². The molecule has 34 heavy (non-hydrogen) atoms. The van der Waals surface area contributed by atoms with Crippen LogP contribution in [0.1, 0.15) is 17.0 Å². The lowest BCUT2D eigenvalue weighted by Crippen LogP contribution is -2.25. The molecule has 0 bridgehead atoms. The molecule has 4 rings (SSSR count). The maximum absolute atomic E-state index is 12.9. The van der Waals surface area contributed by atoms with Crippen molar-refractivity contribution >= 4 is 33.4 Å². The Morgan fingerprint density at radius 1 is 1.03 bits per heavy atom. The lowest BCUT2D eigenvalue weighted by atomic mass is 10.2. The van der Waals surface area contributed by atoms with Gasteiger partial charge >= 0.3 is 0 Å². The summed E-state index contributed by atoms with van der Waals surface area (Å²) >= 11 is 7.80. The van der Waals surface area contributed by atoms with Crippen LogP contribution in [0.2, 0.25) is 5.02 Å². The van der Waals surface area contributed by atoms with Gasteiger partial charge < -0.3 is 4.74 Å². The number of benzene rings is 3. The third kappa shape index (κ3) is 5.61. The molecule has 0 saturated heterocycles. The quantitative estimate of drug-likeness (QED) is 0.316. The highest BCUT2D eigenvalue weighted by molar-refractivity contribution is 7.98. The molecule has 0 radical (unpaired) electrons. The van der Waals surface area contributed by atoms with E-state index in [-0.39, 0.29) is 11.4 Å². The summed E-state index contributed by atoms with van der Waals surface area (Å²) in [6.07, 6.45) is 0. The van der Waals surface area contributed by atoms with Gasteiger partial charge in [-0.3, -0.25) is 4.57 Å². The average Bonchev–Trinajstić information content (AvgIpc) is 3.26. The fourth-order valence-corrected chi connectivity index (χ4v) is 5.36. The molecule has 1 heterocycles. The van der Waals surface area contributed by atoms with Crippen molar-refractivity contribution in [3.8, 4) is 11.4 Å². The number of nitrogens with one attached hydrogen (secondary N) is 1. The van der Waals surface area contributed by atoms with Crippen molar-refractivity contribution < 1.29 is 13.2 Å². The fraction of sp³-hybridized carbons (Fsp3) is 0.167. The van der Waals surface area contributed by atoms with Crippen LogP contribution in [0.15, 0.2) is 82.8 Å². The van der Waals surface area contributed by atoms with Crippen LogP contribution in [0.25, 0.3) is 5.69 Å². The van der Waals surface area contributed by atoms with Crippen molar-refractivity contribution in [1.29, 1.82) is 0 Å². The van der Waals surface area contributed by atoms with Crippen LogP contribution in [0, 0.1) is 6.92 Å². The minimum atomic E-state index is -3.77. The highest BCUT2D eigenvalue weighted by Crippen LogP contribution is 2.28. The second kappa shape index (κ2) is 10.6. The molecule has 0 fully saturated rings. The van der Waals surface area contributed by atoms with Crippen LogP contribution in [0.3, 0.4) is 0 Å². The Bertz CT molecular complexity index is 1380. The summed E-state index contributed by atoms with van der Waals surface area (Å²) < 4.78 is 35.3. The molecule has 0 atom stereocenters. The van der Waals surface area contributed by atoms with Crippen molar-refractivity contribution in [3.63, 3.8) is 0 Å². The van der Waals surface area contributed by atoms with E-state index in [0.29, 0.717) is 27.5 Å². The van der Waals surface area contributed by atoms with Gasteiger partial charge in [-0.2, -0.15) is 0 Å². The van der Waals surface area contributed by atoms with E-state index in [1.165, 1.54) is 31.0 Å². The zero-order valence-electron chi connectivity index (χ0n) is 18.6. The van der Waals surface area contributed by atoms with Gasteiger partial charge in [0.25, 0.3) is 0 Å². The zero-order chi connectivity index (χ0) is 24.1. The fourth-order valence-electron chi connectivity index (χ4n) is 3.29. The van der Waals surface area contributed by atoms with Crippen molar-refractivity contribution in [1.82, 2.24) is 19.5 Å². The summed E-state index contributed by atoms with van der Waals surface area (Å²) in [5.41, 5.74) is 2.91. The first-order valence-electron chi connectivity index (χ1n) is 10.4. The summed E-state index contributed by atoms with van der Waals surface area (Å²) in [6.45, 7) is 1.92. The molecule has 7 nitrogen and oxygen atoms in total. The number of sulfonamides is 1. The molecule has 0 unspecified atom stereocenters.